The molecule has 5 nitrogen and oxygen atoms in total. The molecule has 0 saturated carbocycles. The second-order valence-corrected chi connectivity index (χ2v) is 5.06. The molecule has 0 radical (unpaired) electrons. The molecule has 6 heteroatoms. The third-order valence-corrected chi connectivity index (χ3v) is 3.08. The molecule has 2 aromatic rings. The van der Waals surface area contributed by atoms with E-state index in [1.54, 1.807) is 32.9 Å². The van der Waals surface area contributed by atoms with Crippen LogP contribution in [0.4, 0.5) is 4.39 Å². The van der Waals surface area contributed by atoms with E-state index in [0.717, 1.165) is 4.57 Å². The fourth-order valence-electron chi connectivity index (χ4n) is 2.05. The first kappa shape index (κ1) is 15.0. The minimum absolute atomic E-state index is 0.0682. The van der Waals surface area contributed by atoms with Gasteiger partial charge in [-0.1, -0.05) is 12.1 Å². The Labute approximate surface area is 121 Å². The van der Waals surface area contributed by atoms with E-state index in [4.69, 9.17) is 4.74 Å². The van der Waals surface area contributed by atoms with Crippen LogP contribution in [0.1, 0.15) is 38.5 Å². The van der Waals surface area contributed by atoms with Crippen LogP contribution in [0, 0.1) is 5.82 Å². The number of nitrogens with zero attached hydrogens (tertiary/aromatic N) is 1. The van der Waals surface area contributed by atoms with Crippen molar-refractivity contribution in [3.8, 4) is 5.88 Å². The van der Waals surface area contributed by atoms with Crippen molar-refractivity contribution in [3.63, 3.8) is 0 Å². The lowest BCUT2D eigenvalue weighted by Crippen LogP contribution is -2.36. The summed E-state index contributed by atoms with van der Waals surface area (Å²) in [6.07, 6.45) is -0.495. The molecule has 1 aromatic heterocycles. The van der Waals surface area contributed by atoms with Crippen LogP contribution in [0.5, 0.6) is 5.88 Å². The van der Waals surface area contributed by atoms with E-state index in [9.17, 15) is 14.0 Å². The van der Waals surface area contributed by atoms with Crippen molar-refractivity contribution in [1.29, 1.82) is 0 Å². The molecule has 1 N–H and O–H groups in total. The summed E-state index contributed by atoms with van der Waals surface area (Å²) in [5.74, 6) is -0.301. The maximum absolute atomic E-state index is 13.2. The van der Waals surface area contributed by atoms with Gasteiger partial charge in [-0.15, -0.1) is 0 Å². The molecule has 0 bridgehead atoms. The Balaban J connectivity index is 2.28. The van der Waals surface area contributed by atoms with Gasteiger partial charge in [-0.25, -0.2) is 9.18 Å². The van der Waals surface area contributed by atoms with Crippen molar-refractivity contribution in [2.24, 2.45) is 0 Å². The van der Waals surface area contributed by atoms with Crippen LogP contribution in [-0.2, 0) is 0 Å². The van der Waals surface area contributed by atoms with Crippen LogP contribution in [0.25, 0.3) is 0 Å². The molecule has 0 fully saturated rings. The number of halogens is 1. The number of rotatable bonds is 4. The van der Waals surface area contributed by atoms with Gasteiger partial charge < -0.3 is 4.74 Å². The third-order valence-electron chi connectivity index (χ3n) is 3.08. The number of H-pyrrole nitrogens is 1. The fourth-order valence-corrected chi connectivity index (χ4v) is 2.05. The van der Waals surface area contributed by atoms with Crippen molar-refractivity contribution < 1.29 is 9.13 Å². The maximum Gasteiger partial charge on any atom is 0.331 e. The molecule has 2 rings (SSSR count). The van der Waals surface area contributed by atoms with Gasteiger partial charge in [-0.2, -0.15) is 0 Å². The lowest BCUT2D eigenvalue weighted by atomic mass is 10.1. The van der Waals surface area contributed by atoms with E-state index in [0.29, 0.717) is 5.56 Å². The molecule has 1 heterocycles. The van der Waals surface area contributed by atoms with E-state index in [-0.39, 0.29) is 17.7 Å². The monoisotopic (exact) mass is 292 g/mol. The molecule has 0 spiro atoms. The normalized spacial score (nSPS) is 12.4. The molecule has 0 aliphatic heterocycles. The highest BCUT2D eigenvalue weighted by Gasteiger charge is 2.12. The Kier molecular flexibility index (Phi) is 4.26. The zero-order valence-electron chi connectivity index (χ0n) is 12.1. The highest BCUT2D eigenvalue weighted by molar-refractivity contribution is 5.20. The molecule has 0 saturated heterocycles. The Morgan fingerprint density at radius 3 is 2.48 bits per heavy atom. The summed E-state index contributed by atoms with van der Waals surface area (Å²) in [4.78, 5) is 26.2. The maximum atomic E-state index is 13.2. The van der Waals surface area contributed by atoms with Crippen LogP contribution in [-0.4, -0.2) is 9.55 Å². The van der Waals surface area contributed by atoms with Crippen LogP contribution in [0.2, 0.25) is 0 Å². The average molecular weight is 292 g/mol. The van der Waals surface area contributed by atoms with Gasteiger partial charge in [-0.05, 0) is 38.5 Å². The Hall–Kier alpha value is -2.37. The smallest absolute Gasteiger partial charge is 0.331 e. The molecule has 21 heavy (non-hydrogen) atoms. The minimum Gasteiger partial charge on any atom is -0.471 e. The first-order valence-electron chi connectivity index (χ1n) is 6.66. The minimum atomic E-state index is -0.529. The van der Waals surface area contributed by atoms with E-state index in [1.807, 2.05) is 0 Å². The first-order chi connectivity index (χ1) is 9.88. The number of ether oxygens (including phenoxy) is 1. The first-order valence-corrected chi connectivity index (χ1v) is 6.66. The predicted octanol–water partition coefficient (Wildman–Crippen LogP) is 2.40. The largest absolute Gasteiger partial charge is 0.471 e. The van der Waals surface area contributed by atoms with Crippen LogP contribution >= 0.6 is 0 Å². The highest BCUT2D eigenvalue weighted by atomic mass is 19.1. The van der Waals surface area contributed by atoms with Gasteiger partial charge in [0, 0.05) is 6.04 Å². The Morgan fingerprint density at radius 2 is 1.90 bits per heavy atom. The summed E-state index contributed by atoms with van der Waals surface area (Å²) in [5.41, 5.74) is -0.349. The summed E-state index contributed by atoms with van der Waals surface area (Å²) in [5, 5.41) is 0. The molecular formula is C15H17FN2O3. The van der Waals surface area contributed by atoms with Gasteiger partial charge in [0.1, 0.15) is 11.9 Å². The van der Waals surface area contributed by atoms with Crippen LogP contribution < -0.4 is 16.0 Å². The zero-order valence-corrected chi connectivity index (χ0v) is 12.1. The molecule has 0 aliphatic rings. The van der Waals surface area contributed by atoms with Gasteiger partial charge >= 0.3 is 5.69 Å². The topological polar surface area (TPSA) is 64.1 Å². The van der Waals surface area contributed by atoms with Crippen LogP contribution in [0.15, 0.2) is 39.9 Å². The van der Waals surface area contributed by atoms with E-state index in [1.165, 1.54) is 18.2 Å². The Bertz CT molecular complexity index is 718. The molecule has 1 atom stereocenters. The van der Waals surface area contributed by atoms with Crippen molar-refractivity contribution >= 4 is 0 Å². The average Bonchev–Trinajstić information content (AvgIpc) is 2.37. The predicted molar refractivity (Wildman–Crippen MR) is 77.2 cm³/mol. The van der Waals surface area contributed by atoms with E-state index < -0.39 is 17.4 Å². The van der Waals surface area contributed by atoms with E-state index >= 15 is 0 Å². The van der Waals surface area contributed by atoms with Crippen LogP contribution in [0.3, 0.4) is 0 Å². The van der Waals surface area contributed by atoms with E-state index in [2.05, 4.69) is 4.98 Å². The molecular weight excluding hydrogens is 275 g/mol. The summed E-state index contributed by atoms with van der Waals surface area (Å²) in [7, 11) is 0. The highest BCUT2D eigenvalue weighted by Crippen LogP contribution is 2.19. The SMILES string of the molecule is CC(C)n1c(=O)cc(O[C@@H](C)c2cccc(F)c2)[nH]c1=O. The molecule has 112 valence electrons. The number of aromatic amines is 1. The standard InChI is InChI=1S/C15H17FN2O3/c1-9(2)18-14(19)8-13(17-15(18)20)21-10(3)11-5-4-6-12(16)7-11/h4-10H,1-3H3,(H,17,20)/t10-/m0/s1. The van der Waals surface area contributed by atoms with Crippen molar-refractivity contribution in [3.05, 3.63) is 62.6 Å². The van der Waals surface area contributed by atoms with Crippen molar-refractivity contribution in [2.75, 3.05) is 0 Å². The van der Waals surface area contributed by atoms with Gasteiger partial charge in [0.25, 0.3) is 5.56 Å². The second kappa shape index (κ2) is 5.95. The lowest BCUT2D eigenvalue weighted by Gasteiger charge is -2.15. The molecule has 0 unspecified atom stereocenters. The number of aromatic nitrogens is 2. The molecule has 0 aliphatic carbocycles. The lowest BCUT2D eigenvalue weighted by molar-refractivity contribution is 0.214. The van der Waals surface area contributed by atoms with Crippen molar-refractivity contribution in [1.82, 2.24) is 9.55 Å². The summed E-state index contributed by atoms with van der Waals surface area (Å²) in [6.45, 7) is 5.19. The number of hydrogen-bond donors (Lipinski definition) is 1. The Morgan fingerprint density at radius 1 is 1.19 bits per heavy atom. The van der Waals surface area contributed by atoms with Gasteiger partial charge in [0.15, 0.2) is 0 Å². The molecule has 0 amide bonds. The van der Waals surface area contributed by atoms with Gasteiger partial charge in [0.05, 0.1) is 6.07 Å². The summed E-state index contributed by atoms with van der Waals surface area (Å²) >= 11 is 0. The molecule has 1 aromatic carbocycles. The van der Waals surface area contributed by atoms with Gasteiger partial charge in [-0.3, -0.25) is 14.3 Å². The quantitative estimate of drug-likeness (QED) is 0.941. The van der Waals surface area contributed by atoms with Crippen molar-refractivity contribution in [2.45, 2.75) is 32.9 Å². The second-order valence-electron chi connectivity index (χ2n) is 5.06. The van der Waals surface area contributed by atoms with Gasteiger partial charge in [0.2, 0.25) is 5.88 Å². The fraction of sp³-hybridized carbons (Fsp3) is 0.333. The summed E-state index contributed by atoms with van der Waals surface area (Å²) < 4.78 is 19.8. The zero-order chi connectivity index (χ0) is 15.6. The number of nitrogens with one attached hydrogen (secondary N) is 1. The number of hydrogen-bond acceptors (Lipinski definition) is 3. The number of benzene rings is 1. The summed E-state index contributed by atoms with van der Waals surface area (Å²) in [6, 6.07) is 6.94. The third kappa shape index (κ3) is 3.39.